The Morgan fingerprint density at radius 1 is 0.907 bits per heavy atom. The molecule has 0 radical (unpaired) electrons. The van der Waals surface area contributed by atoms with Crippen molar-refractivity contribution in [3.05, 3.63) is 52.7 Å². The highest BCUT2D eigenvalue weighted by molar-refractivity contribution is 5.90. The molecule has 0 saturated carbocycles. The third kappa shape index (κ3) is 26.7. The molecule has 0 saturated heterocycles. The van der Waals surface area contributed by atoms with Crippen LogP contribution in [0, 0.1) is 19.8 Å². The first kappa shape index (κ1) is 44.8. The number of amides is 1. The van der Waals surface area contributed by atoms with Gasteiger partial charge in [-0.05, 0) is 79.3 Å². The van der Waals surface area contributed by atoms with Crippen molar-refractivity contribution in [2.75, 3.05) is 33.2 Å². The summed E-state index contributed by atoms with van der Waals surface area (Å²) in [7, 11) is 1.76. The number of hydrogen-bond donors (Lipinski definition) is 1. The molecular formula is C37H69N5O. The minimum absolute atomic E-state index is 0.198. The SMILES string of the molecule is C/C=C\C=C(/C=C(C)C)c1nc(C)nc(C)c1C=NC.CCCC.CCCN(CCC)C(C)=O.CCCNCCC(C)C. The maximum Gasteiger partial charge on any atom is 0.219 e. The first-order valence-electron chi connectivity index (χ1n) is 16.6. The highest BCUT2D eigenvalue weighted by Gasteiger charge is 2.11. The Morgan fingerprint density at radius 2 is 1.49 bits per heavy atom. The fraction of sp³-hybridized carbons (Fsp3) is 0.676. The first-order chi connectivity index (χ1) is 20.4. The van der Waals surface area contributed by atoms with Crippen LogP contribution >= 0.6 is 0 Å². The summed E-state index contributed by atoms with van der Waals surface area (Å²) >= 11 is 0. The zero-order chi connectivity index (χ0) is 33.6. The zero-order valence-electron chi connectivity index (χ0n) is 30.7. The summed E-state index contributed by atoms with van der Waals surface area (Å²) in [5, 5.41) is 3.37. The molecule has 43 heavy (non-hydrogen) atoms. The van der Waals surface area contributed by atoms with Crippen molar-refractivity contribution in [1.29, 1.82) is 0 Å². The summed E-state index contributed by atoms with van der Waals surface area (Å²) in [4.78, 5) is 25.9. The van der Waals surface area contributed by atoms with E-state index in [1.165, 1.54) is 44.3 Å². The van der Waals surface area contributed by atoms with Crippen molar-refractivity contribution >= 4 is 17.7 Å². The quantitative estimate of drug-likeness (QED) is 0.131. The standard InChI is InChI=1S/C17H23N3.C8H17NO.C8H19N.C4H10/c1-7-8-9-15(10-12(2)3)17-16(11-18-6)13(4)19-14(5)20-17;1-4-6-9(7-5-2)8(3)10;1-4-6-9-7-5-8(2)3;1-3-4-2/h7-11H,1-6H3;4-7H2,1-3H3;8-9H,4-7H2,1-3H3;3-4H2,1-2H3/b8-7-,15-9+,18-11?;;;. The van der Waals surface area contributed by atoms with Crippen molar-refractivity contribution in [1.82, 2.24) is 20.2 Å². The lowest BCUT2D eigenvalue weighted by Crippen LogP contribution is -2.29. The van der Waals surface area contributed by atoms with Crippen molar-refractivity contribution in [2.45, 2.75) is 129 Å². The van der Waals surface area contributed by atoms with Crippen LogP contribution < -0.4 is 5.32 Å². The van der Waals surface area contributed by atoms with Crippen LogP contribution in [-0.2, 0) is 4.79 Å². The molecule has 1 aromatic heterocycles. The van der Waals surface area contributed by atoms with Gasteiger partial charge in [-0.15, -0.1) is 0 Å². The summed E-state index contributed by atoms with van der Waals surface area (Å²) in [6, 6.07) is 0. The number of nitrogens with one attached hydrogen (secondary N) is 1. The van der Waals surface area contributed by atoms with Crippen molar-refractivity contribution < 1.29 is 4.79 Å². The van der Waals surface area contributed by atoms with E-state index in [9.17, 15) is 4.79 Å². The van der Waals surface area contributed by atoms with Crippen molar-refractivity contribution in [3.8, 4) is 0 Å². The molecule has 248 valence electrons. The minimum atomic E-state index is 0.198. The summed E-state index contributed by atoms with van der Waals surface area (Å²) in [5.74, 6) is 1.82. The van der Waals surface area contributed by atoms with Gasteiger partial charge < -0.3 is 10.2 Å². The van der Waals surface area contributed by atoms with Gasteiger partial charge in [0.2, 0.25) is 5.91 Å². The van der Waals surface area contributed by atoms with Crippen LogP contribution in [0.1, 0.15) is 137 Å². The van der Waals surface area contributed by atoms with Gasteiger partial charge >= 0.3 is 0 Å². The number of aryl methyl sites for hydroxylation is 2. The lowest BCUT2D eigenvalue weighted by molar-refractivity contribution is -0.128. The molecule has 0 aliphatic heterocycles. The van der Waals surface area contributed by atoms with E-state index in [4.69, 9.17) is 0 Å². The van der Waals surface area contributed by atoms with E-state index in [1.807, 2.05) is 44.0 Å². The normalized spacial score (nSPS) is 10.9. The number of aromatic nitrogens is 2. The number of aliphatic imine (C=N–C) groups is 1. The maximum atomic E-state index is 10.8. The van der Waals surface area contributed by atoms with E-state index < -0.39 is 0 Å². The lowest BCUT2D eigenvalue weighted by atomic mass is 10.0. The smallest absolute Gasteiger partial charge is 0.219 e. The number of hydrogen-bond acceptors (Lipinski definition) is 5. The second-order valence-electron chi connectivity index (χ2n) is 11.3. The Kier molecular flexibility index (Phi) is 32.2. The Morgan fingerprint density at radius 3 is 1.88 bits per heavy atom. The Bertz CT molecular complexity index is 933. The molecule has 1 aromatic rings. The molecule has 1 heterocycles. The van der Waals surface area contributed by atoms with Gasteiger partial charge in [0.25, 0.3) is 0 Å². The molecule has 6 nitrogen and oxygen atoms in total. The number of carbonyl (C=O) groups excluding carboxylic acids is 1. The summed E-state index contributed by atoms with van der Waals surface area (Å²) < 4.78 is 0. The molecule has 0 aliphatic rings. The Hall–Kier alpha value is -2.60. The zero-order valence-corrected chi connectivity index (χ0v) is 30.7. The Balaban J connectivity index is -0.000000582. The van der Waals surface area contributed by atoms with E-state index in [-0.39, 0.29) is 5.91 Å². The van der Waals surface area contributed by atoms with Gasteiger partial charge in [0.05, 0.1) is 11.4 Å². The van der Waals surface area contributed by atoms with Crippen molar-refractivity contribution in [3.63, 3.8) is 0 Å². The van der Waals surface area contributed by atoms with Crippen LogP contribution in [0.5, 0.6) is 0 Å². The van der Waals surface area contributed by atoms with Crippen LogP contribution in [0.15, 0.2) is 34.9 Å². The number of allylic oxidation sites excluding steroid dienone is 6. The molecule has 0 aliphatic carbocycles. The second-order valence-corrected chi connectivity index (χ2v) is 11.3. The number of nitrogens with zero attached hydrogens (tertiary/aromatic N) is 4. The van der Waals surface area contributed by atoms with Crippen LogP contribution in [0.3, 0.4) is 0 Å². The average molecular weight is 600 g/mol. The van der Waals surface area contributed by atoms with Gasteiger partial charge in [0.15, 0.2) is 0 Å². The third-order valence-electron chi connectivity index (χ3n) is 5.95. The molecule has 0 fully saturated rings. The van der Waals surface area contributed by atoms with Crippen molar-refractivity contribution in [2.24, 2.45) is 10.9 Å². The lowest BCUT2D eigenvalue weighted by Gasteiger charge is -2.18. The van der Waals surface area contributed by atoms with E-state index in [2.05, 4.69) is 94.7 Å². The summed E-state index contributed by atoms with van der Waals surface area (Å²) in [6.07, 6.45) is 17.4. The predicted octanol–water partition coefficient (Wildman–Crippen LogP) is 9.56. The molecule has 1 amide bonds. The van der Waals surface area contributed by atoms with Crippen LogP contribution in [0.4, 0.5) is 0 Å². The van der Waals surface area contributed by atoms with E-state index in [0.29, 0.717) is 0 Å². The fourth-order valence-electron chi connectivity index (χ4n) is 3.59. The average Bonchev–Trinajstić information content (AvgIpc) is 2.95. The third-order valence-corrected chi connectivity index (χ3v) is 5.95. The van der Waals surface area contributed by atoms with Gasteiger partial charge in [-0.25, -0.2) is 9.97 Å². The van der Waals surface area contributed by atoms with Crippen LogP contribution in [0.25, 0.3) is 5.57 Å². The predicted molar refractivity (Wildman–Crippen MR) is 193 cm³/mol. The topological polar surface area (TPSA) is 70.5 Å². The molecule has 0 bridgehead atoms. The first-order valence-corrected chi connectivity index (χ1v) is 16.6. The monoisotopic (exact) mass is 600 g/mol. The highest BCUT2D eigenvalue weighted by Crippen LogP contribution is 2.21. The molecule has 1 N–H and O–H groups in total. The molecule has 0 aromatic carbocycles. The van der Waals surface area contributed by atoms with E-state index >= 15 is 0 Å². The van der Waals surface area contributed by atoms with Gasteiger partial charge in [-0.1, -0.05) is 91.2 Å². The van der Waals surface area contributed by atoms with Crippen LogP contribution in [-0.4, -0.2) is 60.2 Å². The summed E-state index contributed by atoms with van der Waals surface area (Å²) in [6.45, 7) is 31.1. The van der Waals surface area contributed by atoms with Crippen LogP contribution in [0.2, 0.25) is 0 Å². The maximum absolute atomic E-state index is 10.8. The van der Waals surface area contributed by atoms with Gasteiger partial charge in [0, 0.05) is 44.4 Å². The summed E-state index contributed by atoms with van der Waals surface area (Å²) in [5.41, 5.74) is 5.17. The number of rotatable bonds is 14. The van der Waals surface area contributed by atoms with Gasteiger partial charge in [0.1, 0.15) is 5.82 Å². The number of unbranched alkanes of at least 4 members (excludes halogenated alkanes) is 1. The van der Waals surface area contributed by atoms with E-state index in [1.54, 1.807) is 14.0 Å². The van der Waals surface area contributed by atoms with Gasteiger partial charge in [-0.3, -0.25) is 9.79 Å². The highest BCUT2D eigenvalue weighted by atomic mass is 16.2. The fourth-order valence-corrected chi connectivity index (χ4v) is 3.59. The molecular weight excluding hydrogens is 530 g/mol. The molecule has 1 rings (SSSR count). The second kappa shape index (κ2) is 30.8. The molecule has 0 atom stereocenters. The minimum Gasteiger partial charge on any atom is -0.343 e. The van der Waals surface area contributed by atoms with Gasteiger partial charge in [-0.2, -0.15) is 0 Å². The largest absolute Gasteiger partial charge is 0.343 e. The molecule has 6 heteroatoms. The molecule has 0 unspecified atom stereocenters. The van der Waals surface area contributed by atoms with E-state index in [0.717, 1.165) is 60.2 Å². The number of carbonyl (C=O) groups is 1. The molecule has 0 spiro atoms. The Labute approximate surface area is 267 Å².